The summed E-state index contributed by atoms with van der Waals surface area (Å²) in [5, 5.41) is 12.4. The molecule has 3 heteroatoms. The molecule has 0 bridgehead atoms. The SMILES string of the molecule is CC1CC(Nc2ccc(C#N)cc2)CN1C1CC1. The van der Waals surface area contributed by atoms with Gasteiger partial charge in [-0.05, 0) is 50.5 Å². The van der Waals surface area contributed by atoms with Gasteiger partial charge < -0.3 is 5.32 Å². The zero-order chi connectivity index (χ0) is 12.5. The second-order valence-corrected chi connectivity index (χ2v) is 5.54. The molecule has 2 fully saturated rings. The lowest BCUT2D eigenvalue weighted by atomic mass is 10.1. The van der Waals surface area contributed by atoms with Crippen molar-refractivity contribution in [3.05, 3.63) is 29.8 Å². The van der Waals surface area contributed by atoms with Crippen molar-refractivity contribution in [1.29, 1.82) is 5.26 Å². The van der Waals surface area contributed by atoms with Gasteiger partial charge in [0.05, 0.1) is 11.6 Å². The van der Waals surface area contributed by atoms with Crippen LogP contribution in [0.15, 0.2) is 24.3 Å². The van der Waals surface area contributed by atoms with Gasteiger partial charge in [0.2, 0.25) is 0 Å². The first-order valence-corrected chi connectivity index (χ1v) is 6.78. The molecule has 1 aliphatic carbocycles. The van der Waals surface area contributed by atoms with E-state index in [1.807, 2.05) is 24.3 Å². The minimum atomic E-state index is 0.550. The Hall–Kier alpha value is -1.53. The fourth-order valence-corrected chi connectivity index (χ4v) is 2.95. The summed E-state index contributed by atoms with van der Waals surface area (Å²) >= 11 is 0. The normalized spacial score (nSPS) is 28.0. The molecular weight excluding hydrogens is 222 g/mol. The Morgan fingerprint density at radius 2 is 2.00 bits per heavy atom. The summed E-state index contributed by atoms with van der Waals surface area (Å²) in [4.78, 5) is 2.64. The first-order chi connectivity index (χ1) is 8.76. The van der Waals surface area contributed by atoms with Gasteiger partial charge in [0.15, 0.2) is 0 Å². The maximum Gasteiger partial charge on any atom is 0.0991 e. The molecule has 2 atom stereocenters. The predicted octanol–water partition coefficient (Wildman–Crippen LogP) is 2.60. The molecule has 0 amide bonds. The Balaban J connectivity index is 1.61. The van der Waals surface area contributed by atoms with Crippen LogP contribution in [0, 0.1) is 11.3 Å². The van der Waals surface area contributed by atoms with E-state index in [4.69, 9.17) is 5.26 Å². The van der Waals surface area contributed by atoms with Gasteiger partial charge in [0, 0.05) is 30.4 Å². The van der Waals surface area contributed by atoms with Crippen LogP contribution < -0.4 is 5.32 Å². The summed E-state index contributed by atoms with van der Waals surface area (Å²) in [6.07, 6.45) is 3.98. The topological polar surface area (TPSA) is 39.1 Å². The van der Waals surface area contributed by atoms with Gasteiger partial charge in [0.1, 0.15) is 0 Å². The third kappa shape index (κ3) is 2.34. The molecule has 94 valence electrons. The Labute approximate surface area is 108 Å². The van der Waals surface area contributed by atoms with E-state index in [9.17, 15) is 0 Å². The van der Waals surface area contributed by atoms with Crippen LogP contribution in [-0.4, -0.2) is 29.6 Å². The molecule has 1 aliphatic heterocycles. The zero-order valence-corrected chi connectivity index (χ0v) is 10.8. The molecule has 1 saturated heterocycles. The summed E-state index contributed by atoms with van der Waals surface area (Å²) in [7, 11) is 0. The van der Waals surface area contributed by atoms with E-state index in [1.54, 1.807) is 0 Å². The molecule has 3 rings (SSSR count). The van der Waals surface area contributed by atoms with Crippen LogP contribution in [0.1, 0.15) is 31.7 Å². The number of benzene rings is 1. The van der Waals surface area contributed by atoms with Crippen molar-refractivity contribution in [1.82, 2.24) is 4.90 Å². The maximum atomic E-state index is 8.77. The van der Waals surface area contributed by atoms with Crippen molar-refractivity contribution in [3.63, 3.8) is 0 Å². The van der Waals surface area contributed by atoms with Gasteiger partial charge in [-0.2, -0.15) is 5.26 Å². The van der Waals surface area contributed by atoms with Crippen molar-refractivity contribution >= 4 is 5.69 Å². The number of likely N-dealkylation sites (tertiary alicyclic amines) is 1. The van der Waals surface area contributed by atoms with Crippen LogP contribution in [-0.2, 0) is 0 Å². The molecule has 3 nitrogen and oxygen atoms in total. The Bertz CT molecular complexity index is 456. The predicted molar refractivity (Wildman–Crippen MR) is 72.4 cm³/mol. The smallest absolute Gasteiger partial charge is 0.0991 e. The number of hydrogen-bond donors (Lipinski definition) is 1. The summed E-state index contributed by atoms with van der Waals surface area (Å²) in [5.74, 6) is 0. The Morgan fingerprint density at radius 3 is 2.61 bits per heavy atom. The lowest BCUT2D eigenvalue weighted by molar-refractivity contribution is 0.257. The van der Waals surface area contributed by atoms with E-state index in [0.717, 1.165) is 23.8 Å². The van der Waals surface area contributed by atoms with Gasteiger partial charge in [-0.25, -0.2) is 0 Å². The van der Waals surface area contributed by atoms with Crippen molar-refractivity contribution in [2.45, 2.75) is 44.3 Å². The number of nitrogens with one attached hydrogen (secondary N) is 1. The minimum Gasteiger partial charge on any atom is -0.381 e. The third-order valence-corrected chi connectivity index (χ3v) is 4.02. The van der Waals surface area contributed by atoms with E-state index in [0.29, 0.717) is 12.1 Å². The summed E-state index contributed by atoms with van der Waals surface area (Å²) in [6.45, 7) is 3.49. The van der Waals surface area contributed by atoms with E-state index >= 15 is 0 Å². The second-order valence-electron chi connectivity index (χ2n) is 5.54. The standard InChI is InChI=1S/C15H19N3/c1-11-8-14(10-18(11)15-6-7-15)17-13-4-2-12(9-16)3-5-13/h2-5,11,14-15,17H,6-8,10H2,1H3. The average molecular weight is 241 g/mol. The number of nitriles is 1. The molecule has 1 N–H and O–H groups in total. The number of anilines is 1. The van der Waals surface area contributed by atoms with E-state index in [2.05, 4.69) is 23.2 Å². The highest BCUT2D eigenvalue weighted by Crippen LogP contribution is 2.34. The molecule has 1 saturated carbocycles. The highest BCUT2D eigenvalue weighted by atomic mass is 15.3. The summed E-state index contributed by atoms with van der Waals surface area (Å²) < 4.78 is 0. The van der Waals surface area contributed by atoms with Crippen LogP contribution >= 0.6 is 0 Å². The van der Waals surface area contributed by atoms with Crippen LogP contribution in [0.4, 0.5) is 5.69 Å². The second kappa shape index (κ2) is 4.62. The van der Waals surface area contributed by atoms with E-state index in [-0.39, 0.29) is 0 Å². The molecule has 1 aromatic carbocycles. The highest BCUT2D eigenvalue weighted by molar-refractivity contribution is 5.48. The molecule has 0 aromatic heterocycles. The zero-order valence-electron chi connectivity index (χ0n) is 10.8. The highest BCUT2D eigenvalue weighted by Gasteiger charge is 2.38. The molecule has 2 unspecified atom stereocenters. The van der Waals surface area contributed by atoms with Gasteiger partial charge in [0.25, 0.3) is 0 Å². The van der Waals surface area contributed by atoms with Crippen LogP contribution in [0.3, 0.4) is 0 Å². The van der Waals surface area contributed by atoms with Gasteiger partial charge in [-0.15, -0.1) is 0 Å². The van der Waals surface area contributed by atoms with Gasteiger partial charge in [-0.1, -0.05) is 0 Å². The maximum absolute atomic E-state index is 8.77. The largest absolute Gasteiger partial charge is 0.381 e. The van der Waals surface area contributed by atoms with Crippen LogP contribution in [0.2, 0.25) is 0 Å². The number of rotatable bonds is 3. The van der Waals surface area contributed by atoms with Crippen molar-refractivity contribution in [3.8, 4) is 6.07 Å². The lowest BCUT2D eigenvalue weighted by Crippen LogP contribution is -2.30. The van der Waals surface area contributed by atoms with Gasteiger partial charge >= 0.3 is 0 Å². The van der Waals surface area contributed by atoms with Gasteiger partial charge in [-0.3, -0.25) is 4.90 Å². The first-order valence-electron chi connectivity index (χ1n) is 6.78. The molecule has 0 spiro atoms. The van der Waals surface area contributed by atoms with E-state index in [1.165, 1.54) is 19.3 Å². The average Bonchev–Trinajstić information content (AvgIpc) is 3.15. The summed E-state index contributed by atoms with van der Waals surface area (Å²) in [5.41, 5.74) is 1.85. The Kier molecular flexibility index (Phi) is 2.97. The van der Waals surface area contributed by atoms with Crippen molar-refractivity contribution in [2.75, 3.05) is 11.9 Å². The van der Waals surface area contributed by atoms with Crippen molar-refractivity contribution in [2.24, 2.45) is 0 Å². The minimum absolute atomic E-state index is 0.550. The van der Waals surface area contributed by atoms with Crippen LogP contribution in [0.5, 0.6) is 0 Å². The van der Waals surface area contributed by atoms with Crippen molar-refractivity contribution < 1.29 is 0 Å². The third-order valence-electron chi connectivity index (χ3n) is 4.02. The monoisotopic (exact) mass is 241 g/mol. The molecular formula is C15H19N3. The fourth-order valence-electron chi connectivity index (χ4n) is 2.95. The lowest BCUT2D eigenvalue weighted by Gasteiger charge is -2.19. The van der Waals surface area contributed by atoms with Crippen LogP contribution in [0.25, 0.3) is 0 Å². The molecule has 1 aromatic rings. The summed E-state index contributed by atoms with van der Waals surface area (Å²) in [6, 6.07) is 12.0. The molecule has 2 aliphatic rings. The number of nitrogens with zero attached hydrogens (tertiary/aromatic N) is 2. The molecule has 1 heterocycles. The Morgan fingerprint density at radius 1 is 1.28 bits per heavy atom. The quantitative estimate of drug-likeness (QED) is 0.884. The number of hydrogen-bond acceptors (Lipinski definition) is 3. The van der Waals surface area contributed by atoms with E-state index < -0.39 is 0 Å². The molecule has 0 radical (unpaired) electrons. The first kappa shape index (κ1) is 11.6. The molecule has 18 heavy (non-hydrogen) atoms. The fraction of sp³-hybridized carbons (Fsp3) is 0.533.